The number of aromatic amines is 1. The zero-order chi connectivity index (χ0) is 16.5. The van der Waals surface area contributed by atoms with Crippen LogP contribution in [0.25, 0.3) is 21.3 Å². The van der Waals surface area contributed by atoms with Gasteiger partial charge < -0.3 is 9.72 Å². The molecule has 7 heteroatoms. The number of fused-ring (bicyclic) bond motifs is 2. The van der Waals surface area contributed by atoms with Crippen molar-refractivity contribution in [3.63, 3.8) is 0 Å². The van der Waals surface area contributed by atoms with Crippen molar-refractivity contribution in [2.45, 2.75) is 6.92 Å². The lowest BCUT2D eigenvalue weighted by molar-refractivity contribution is 0.102. The molecule has 2 heterocycles. The van der Waals surface area contributed by atoms with Crippen molar-refractivity contribution >= 4 is 43.6 Å². The molecule has 0 saturated carbocycles. The molecule has 2 aromatic carbocycles. The molecule has 0 radical (unpaired) electrons. The molecule has 6 nitrogen and oxygen atoms in total. The summed E-state index contributed by atoms with van der Waals surface area (Å²) in [6.07, 6.45) is 1.61. The number of thiazole rings is 1. The Kier molecular flexibility index (Phi) is 3.62. The van der Waals surface area contributed by atoms with Crippen molar-refractivity contribution in [2.75, 3.05) is 11.9 Å². The van der Waals surface area contributed by atoms with E-state index in [9.17, 15) is 4.79 Å². The topological polar surface area (TPSA) is 79.9 Å². The van der Waals surface area contributed by atoms with Crippen molar-refractivity contribution in [3.05, 3.63) is 48.3 Å². The highest BCUT2D eigenvalue weighted by Gasteiger charge is 2.11. The largest absolute Gasteiger partial charge is 0.494 e. The first kappa shape index (κ1) is 14.6. The first-order chi connectivity index (χ1) is 11.7. The number of H-pyrrole nitrogens is 1. The standard InChI is InChI=1S/C17H14N4O2S/c1-2-23-11-4-6-13-15(8-11)24-17(20-13)21-16(22)10-3-5-12-14(7-10)19-9-18-12/h3-9H,2H2,1H3,(H,18,19)(H,20,21,22). The molecule has 0 aliphatic carbocycles. The van der Waals surface area contributed by atoms with Crippen LogP contribution in [0.2, 0.25) is 0 Å². The second kappa shape index (κ2) is 5.93. The molecule has 4 aromatic rings. The predicted octanol–water partition coefficient (Wildman–Crippen LogP) is 3.82. The average molecular weight is 338 g/mol. The molecule has 0 atom stereocenters. The SMILES string of the molecule is CCOc1ccc2nc(NC(=O)c3ccc4nc[nH]c4c3)sc2c1. The Labute approximate surface area is 141 Å². The van der Waals surface area contributed by atoms with E-state index in [0.717, 1.165) is 27.0 Å². The number of carbonyl (C=O) groups excluding carboxylic acids is 1. The van der Waals surface area contributed by atoms with Gasteiger partial charge in [-0.2, -0.15) is 0 Å². The fraction of sp³-hybridized carbons (Fsp3) is 0.118. The average Bonchev–Trinajstić information content (AvgIpc) is 3.19. The summed E-state index contributed by atoms with van der Waals surface area (Å²) in [5.74, 6) is 0.604. The predicted molar refractivity (Wildman–Crippen MR) is 94.8 cm³/mol. The fourth-order valence-electron chi connectivity index (χ4n) is 2.46. The number of nitrogens with one attached hydrogen (secondary N) is 2. The highest BCUT2D eigenvalue weighted by molar-refractivity contribution is 7.22. The van der Waals surface area contributed by atoms with Gasteiger partial charge in [-0.1, -0.05) is 11.3 Å². The zero-order valence-corrected chi connectivity index (χ0v) is 13.7. The van der Waals surface area contributed by atoms with Crippen molar-refractivity contribution in [2.24, 2.45) is 0 Å². The van der Waals surface area contributed by atoms with E-state index in [0.29, 0.717) is 17.3 Å². The maximum absolute atomic E-state index is 12.4. The number of nitrogens with zero attached hydrogens (tertiary/aromatic N) is 2. The summed E-state index contributed by atoms with van der Waals surface area (Å²) in [7, 11) is 0. The Bertz CT molecular complexity index is 1040. The summed E-state index contributed by atoms with van der Waals surface area (Å²) in [5.41, 5.74) is 3.05. The van der Waals surface area contributed by atoms with E-state index in [1.165, 1.54) is 11.3 Å². The molecule has 0 saturated heterocycles. The van der Waals surface area contributed by atoms with Crippen LogP contribution >= 0.6 is 11.3 Å². The molecule has 2 N–H and O–H groups in total. The summed E-state index contributed by atoms with van der Waals surface area (Å²) < 4.78 is 6.46. The number of hydrogen-bond donors (Lipinski definition) is 2. The number of anilines is 1. The van der Waals surface area contributed by atoms with Crippen molar-refractivity contribution in [1.82, 2.24) is 15.0 Å². The number of ether oxygens (including phenoxy) is 1. The van der Waals surface area contributed by atoms with Crippen LogP contribution in [0.5, 0.6) is 5.75 Å². The lowest BCUT2D eigenvalue weighted by Crippen LogP contribution is -2.11. The molecule has 0 unspecified atom stereocenters. The number of amides is 1. The van der Waals surface area contributed by atoms with Crippen molar-refractivity contribution in [3.8, 4) is 5.75 Å². The Morgan fingerprint density at radius 1 is 1.25 bits per heavy atom. The van der Waals surface area contributed by atoms with Gasteiger partial charge >= 0.3 is 0 Å². The molecule has 1 amide bonds. The summed E-state index contributed by atoms with van der Waals surface area (Å²) in [5, 5.41) is 3.41. The van der Waals surface area contributed by atoms with Crippen LogP contribution in [0, 0.1) is 0 Å². The molecule has 120 valence electrons. The third-order valence-corrected chi connectivity index (χ3v) is 4.51. The Morgan fingerprint density at radius 2 is 2.12 bits per heavy atom. The number of hydrogen-bond acceptors (Lipinski definition) is 5. The number of imidazole rings is 1. The highest BCUT2D eigenvalue weighted by atomic mass is 32.1. The Morgan fingerprint density at radius 3 is 3.00 bits per heavy atom. The van der Waals surface area contributed by atoms with Gasteiger partial charge in [0, 0.05) is 5.56 Å². The summed E-state index contributed by atoms with van der Waals surface area (Å²) >= 11 is 1.42. The summed E-state index contributed by atoms with van der Waals surface area (Å²) in [6, 6.07) is 11.0. The molecule has 0 fully saturated rings. The molecular weight excluding hydrogens is 324 g/mol. The number of carbonyl (C=O) groups is 1. The van der Waals surface area contributed by atoms with Crippen LogP contribution < -0.4 is 10.1 Å². The van der Waals surface area contributed by atoms with Gasteiger partial charge in [-0.25, -0.2) is 9.97 Å². The van der Waals surface area contributed by atoms with Gasteiger partial charge in [0.2, 0.25) is 0 Å². The number of benzene rings is 2. The van der Waals surface area contributed by atoms with E-state index in [-0.39, 0.29) is 5.91 Å². The van der Waals surface area contributed by atoms with Gasteiger partial charge in [0.15, 0.2) is 5.13 Å². The van der Waals surface area contributed by atoms with E-state index in [1.807, 2.05) is 31.2 Å². The van der Waals surface area contributed by atoms with Crippen molar-refractivity contribution in [1.29, 1.82) is 0 Å². The minimum Gasteiger partial charge on any atom is -0.494 e. The van der Waals surface area contributed by atoms with Gasteiger partial charge in [0.25, 0.3) is 5.91 Å². The highest BCUT2D eigenvalue weighted by Crippen LogP contribution is 2.29. The molecule has 0 aliphatic heterocycles. The number of rotatable bonds is 4. The molecule has 2 aromatic heterocycles. The normalized spacial score (nSPS) is 11.0. The van der Waals surface area contributed by atoms with Gasteiger partial charge in [0.1, 0.15) is 5.75 Å². The van der Waals surface area contributed by atoms with Gasteiger partial charge in [-0.3, -0.25) is 10.1 Å². The van der Waals surface area contributed by atoms with E-state index in [2.05, 4.69) is 20.3 Å². The molecule has 0 spiro atoms. The maximum atomic E-state index is 12.4. The minimum absolute atomic E-state index is 0.199. The lowest BCUT2D eigenvalue weighted by Gasteiger charge is -2.01. The quantitative estimate of drug-likeness (QED) is 0.593. The Balaban J connectivity index is 1.59. The molecular formula is C17H14N4O2S. The van der Waals surface area contributed by atoms with Crippen LogP contribution in [0.4, 0.5) is 5.13 Å². The zero-order valence-electron chi connectivity index (χ0n) is 12.9. The maximum Gasteiger partial charge on any atom is 0.257 e. The van der Waals surface area contributed by atoms with Gasteiger partial charge in [-0.05, 0) is 43.3 Å². The lowest BCUT2D eigenvalue weighted by atomic mass is 10.2. The Hall–Kier alpha value is -2.93. The molecule has 4 rings (SSSR count). The summed E-state index contributed by atoms with van der Waals surface area (Å²) in [6.45, 7) is 2.56. The van der Waals surface area contributed by atoms with Crippen LogP contribution in [0.1, 0.15) is 17.3 Å². The molecule has 0 bridgehead atoms. The van der Waals surface area contributed by atoms with Gasteiger partial charge in [0.05, 0.1) is 34.2 Å². The van der Waals surface area contributed by atoms with Crippen LogP contribution in [0.15, 0.2) is 42.7 Å². The van der Waals surface area contributed by atoms with Crippen LogP contribution in [0.3, 0.4) is 0 Å². The third kappa shape index (κ3) is 2.69. The first-order valence-corrected chi connectivity index (χ1v) is 8.32. The fourth-order valence-corrected chi connectivity index (χ4v) is 3.35. The van der Waals surface area contributed by atoms with E-state index in [4.69, 9.17) is 4.74 Å². The van der Waals surface area contributed by atoms with Gasteiger partial charge in [-0.15, -0.1) is 0 Å². The molecule has 0 aliphatic rings. The second-order valence-corrected chi connectivity index (χ2v) is 6.20. The minimum atomic E-state index is -0.199. The van der Waals surface area contributed by atoms with E-state index >= 15 is 0 Å². The first-order valence-electron chi connectivity index (χ1n) is 7.51. The third-order valence-electron chi connectivity index (χ3n) is 3.57. The molecule has 24 heavy (non-hydrogen) atoms. The van der Waals surface area contributed by atoms with Crippen LogP contribution in [-0.2, 0) is 0 Å². The number of aromatic nitrogens is 3. The smallest absolute Gasteiger partial charge is 0.257 e. The monoisotopic (exact) mass is 338 g/mol. The second-order valence-electron chi connectivity index (χ2n) is 5.17. The van der Waals surface area contributed by atoms with Crippen LogP contribution in [-0.4, -0.2) is 27.5 Å². The van der Waals surface area contributed by atoms with E-state index < -0.39 is 0 Å². The van der Waals surface area contributed by atoms with E-state index in [1.54, 1.807) is 18.5 Å². The summed E-state index contributed by atoms with van der Waals surface area (Å²) in [4.78, 5) is 24.0. The van der Waals surface area contributed by atoms with Crippen molar-refractivity contribution < 1.29 is 9.53 Å².